The summed E-state index contributed by atoms with van der Waals surface area (Å²) < 4.78 is 5.45. The summed E-state index contributed by atoms with van der Waals surface area (Å²) in [5.74, 6) is 1.72. The molecule has 23 heavy (non-hydrogen) atoms. The summed E-state index contributed by atoms with van der Waals surface area (Å²) in [7, 11) is 1.71. The fraction of sp³-hybridized carbons (Fsp3) is 0.611. The topological polar surface area (TPSA) is 67.6 Å². The fourth-order valence-corrected chi connectivity index (χ4v) is 3.75. The van der Waals surface area contributed by atoms with Gasteiger partial charge < -0.3 is 20.7 Å². The number of anilines is 1. The van der Waals surface area contributed by atoms with Crippen LogP contribution in [0.5, 0.6) is 5.75 Å². The number of hydrogen-bond donors (Lipinski definition) is 2. The van der Waals surface area contributed by atoms with E-state index in [9.17, 15) is 4.79 Å². The average molecular weight is 317 g/mol. The Labute approximate surface area is 138 Å². The molecule has 5 heteroatoms. The maximum absolute atomic E-state index is 12.2. The highest BCUT2D eigenvalue weighted by Crippen LogP contribution is 2.32. The van der Waals surface area contributed by atoms with Crippen LogP contribution in [0.4, 0.5) is 5.69 Å². The van der Waals surface area contributed by atoms with Crippen molar-refractivity contribution in [2.75, 3.05) is 31.6 Å². The number of nitrogens with one attached hydrogen (secondary N) is 1. The molecule has 3 N–H and O–H groups in total. The van der Waals surface area contributed by atoms with Gasteiger partial charge in [0.05, 0.1) is 12.8 Å². The number of para-hydroxylation sites is 2. The molecule has 1 heterocycles. The van der Waals surface area contributed by atoms with Crippen molar-refractivity contribution in [3.63, 3.8) is 0 Å². The quantitative estimate of drug-likeness (QED) is 0.868. The van der Waals surface area contributed by atoms with Gasteiger partial charge in [-0.2, -0.15) is 0 Å². The second-order valence-corrected chi connectivity index (χ2v) is 6.79. The molecule has 0 radical (unpaired) electrons. The predicted molar refractivity (Wildman–Crippen MR) is 91.6 cm³/mol. The van der Waals surface area contributed by atoms with Crippen molar-refractivity contribution in [2.24, 2.45) is 17.6 Å². The Hall–Kier alpha value is -1.75. The number of amides is 1. The lowest BCUT2D eigenvalue weighted by Gasteiger charge is -2.21. The van der Waals surface area contributed by atoms with Crippen LogP contribution in [0, 0.1) is 11.8 Å². The zero-order valence-electron chi connectivity index (χ0n) is 13.8. The van der Waals surface area contributed by atoms with Gasteiger partial charge in [0.2, 0.25) is 5.91 Å². The van der Waals surface area contributed by atoms with Crippen molar-refractivity contribution in [3.05, 3.63) is 24.3 Å². The number of carbonyl (C=O) groups is 1. The lowest BCUT2D eigenvalue weighted by molar-refractivity contribution is -0.125. The van der Waals surface area contributed by atoms with E-state index in [1.54, 1.807) is 7.11 Å². The third-order valence-electron chi connectivity index (χ3n) is 5.12. The van der Waals surface area contributed by atoms with Gasteiger partial charge in [0.25, 0.3) is 0 Å². The number of rotatable bonds is 5. The zero-order valence-corrected chi connectivity index (χ0v) is 13.8. The fourth-order valence-electron chi connectivity index (χ4n) is 3.75. The van der Waals surface area contributed by atoms with Crippen molar-refractivity contribution < 1.29 is 9.53 Å². The Morgan fingerprint density at radius 3 is 2.91 bits per heavy atom. The molecule has 1 saturated carbocycles. The number of nitrogens with two attached hydrogens (primary N) is 1. The Morgan fingerprint density at radius 1 is 1.35 bits per heavy atom. The third-order valence-corrected chi connectivity index (χ3v) is 5.12. The van der Waals surface area contributed by atoms with E-state index in [-0.39, 0.29) is 17.9 Å². The van der Waals surface area contributed by atoms with Crippen LogP contribution in [0.15, 0.2) is 24.3 Å². The number of nitrogens with zero attached hydrogens (tertiary/aromatic N) is 1. The average Bonchev–Trinajstić information content (AvgIpc) is 3.21. The van der Waals surface area contributed by atoms with Crippen LogP contribution in [0.25, 0.3) is 0 Å². The minimum Gasteiger partial charge on any atom is -0.495 e. The molecule has 0 bridgehead atoms. The number of methoxy groups -OCH3 is 1. The van der Waals surface area contributed by atoms with Crippen LogP contribution in [0.3, 0.4) is 0 Å². The van der Waals surface area contributed by atoms with Crippen molar-refractivity contribution in [3.8, 4) is 5.75 Å². The molecule has 5 nitrogen and oxygen atoms in total. The first kappa shape index (κ1) is 16.1. The third kappa shape index (κ3) is 3.78. The highest BCUT2D eigenvalue weighted by molar-refractivity contribution is 5.79. The van der Waals surface area contributed by atoms with Gasteiger partial charge in [-0.05, 0) is 43.7 Å². The minimum absolute atomic E-state index is 0.122. The van der Waals surface area contributed by atoms with Crippen LogP contribution in [-0.2, 0) is 4.79 Å². The molecule has 0 aromatic heterocycles. The lowest BCUT2D eigenvalue weighted by atomic mass is 10.1. The number of hydrogen-bond acceptors (Lipinski definition) is 4. The second-order valence-electron chi connectivity index (χ2n) is 6.79. The predicted octanol–water partition coefficient (Wildman–Crippen LogP) is 1.77. The van der Waals surface area contributed by atoms with Gasteiger partial charge in [0.1, 0.15) is 5.75 Å². The first-order chi connectivity index (χ1) is 11.2. The van der Waals surface area contributed by atoms with Crippen LogP contribution in [-0.4, -0.2) is 38.7 Å². The summed E-state index contributed by atoms with van der Waals surface area (Å²) in [5, 5.41) is 3.14. The molecule has 0 unspecified atom stereocenters. The van der Waals surface area contributed by atoms with Crippen molar-refractivity contribution in [2.45, 2.75) is 31.7 Å². The molecule has 1 aromatic rings. The van der Waals surface area contributed by atoms with E-state index < -0.39 is 0 Å². The summed E-state index contributed by atoms with van der Waals surface area (Å²) in [5.41, 5.74) is 7.04. The number of carbonyl (C=O) groups excluding carboxylic acids is 1. The molecule has 3 atom stereocenters. The van der Waals surface area contributed by atoms with Crippen LogP contribution < -0.4 is 20.7 Å². The Morgan fingerprint density at radius 2 is 2.17 bits per heavy atom. The van der Waals surface area contributed by atoms with Gasteiger partial charge in [-0.15, -0.1) is 0 Å². The molecule has 3 rings (SSSR count). The maximum atomic E-state index is 12.2. The lowest BCUT2D eigenvalue weighted by Crippen LogP contribution is -2.35. The van der Waals surface area contributed by atoms with Crippen molar-refractivity contribution >= 4 is 11.6 Å². The van der Waals surface area contributed by atoms with Gasteiger partial charge >= 0.3 is 0 Å². The van der Waals surface area contributed by atoms with E-state index in [1.807, 2.05) is 18.2 Å². The summed E-state index contributed by atoms with van der Waals surface area (Å²) in [6.45, 7) is 2.73. The summed E-state index contributed by atoms with van der Waals surface area (Å²) in [6.07, 6.45) is 3.85. The first-order valence-corrected chi connectivity index (χ1v) is 8.58. The summed E-state index contributed by atoms with van der Waals surface area (Å²) in [6, 6.07) is 8.32. The maximum Gasteiger partial charge on any atom is 0.223 e. The van der Waals surface area contributed by atoms with Gasteiger partial charge in [0.15, 0.2) is 0 Å². The normalized spacial score (nSPS) is 27.2. The zero-order chi connectivity index (χ0) is 16.2. The monoisotopic (exact) mass is 317 g/mol. The largest absolute Gasteiger partial charge is 0.495 e. The first-order valence-electron chi connectivity index (χ1n) is 8.58. The Balaban J connectivity index is 1.49. The molecule has 1 amide bonds. The van der Waals surface area contributed by atoms with E-state index in [0.717, 1.165) is 56.8 Å². The highest BCUT2D eigenvalue weighted by atomic mass is 16.5. The standard InChI is InChI=1S/C18H27N3O2/c1-23-17-5-3-2-4-16(17)21-9-8-13(12-21)11-20-18(22)14-6-7-15(19)10-14/h2-5,13-15H,6-12,19H2,1H3,(H,20,22)/t13-,14-,15+/m1/s1. The molecule has 1 aliphatic heterocycles. The van der Waals surface area contributed by atoms with Gasteiger partial charge in [-0.25, -0.2) is 0 Å². The van der Waals surface area contributed by atoms with Crippen LogP contribution in [0.1, 0.15) is 25.7 Å². The van der Waals surface area contributed by atoms with E-state index in [2.05, 4.69) is 16.3 Å². The highest BCUT2D eigenvalue weighted by Gasteiger charge is 2.29. The Kier molecular flexibility index (Phi) is 5.06. The SMILES string of the molecule is COc1ccccc1N1CC[C@H](CNC(=O)[C@@H]2CC[C@H](N)C2)C1. The van der Waals surface area contributed by atoms with Crippen LogP contribution in [0.2, 0.25) is 0 Å². The molecule has 2 aliphatic rings. The smallest absolute Gasteiger partial charge is 0.223 e. The molecule has 126 valence electrons. The minimum atomic E-state index is 0.122. The molecule has 1 saturated heterocycles. The Bertz CT molecular complexity index is 549. The van der Waals surface area contributed by atoms with Gasteiger partial charge in [-0.3, -0.25) is 4.79 Å². The molecular weight excluding hydrogens is 290 g/mol. The molecule has 1 aromatic carbocycles. The van der Waals surface area contributed by atoms with Crippen molar-refractivity contribution in [1.82, 2.24) is 5.32 Å². The molecule has 0 spiro atoms. The number of benzene rings is 1. The molecule has 1 aliphatic carbocycles. The van der Waals surface area contributed by atoms with Gasteiger partial charge in [0, 0.05) is 31.6 Å². The van der Waals surface area contributed by atoms with E-state index in [0.29, 0.717) is 5.92 Å². The summed E-state index contributed by atoms with van der Waals surface area (Å²) >= 11 is 0. The van der Waals surface area contributed by atoms with E-state index in [4.69, 9.17) is 10.5 Å². The van der Waals surface area contributed by atoms with Crippen molar-refractivity contribution in [1.29, 1.82) is 0 Å². The summed E-state index contributed by atoms with van der Waals surface area (Å²) in [4.78, 5) is 14.5. The molecule has 2 fully saturated rings. The van der Waals surface area contributed by atoms with Gasteiger partial charge in [-0.1, -0.05) is 12.1 Å². The number of ether oxygens (including phenoxy) is 1. The molecular formula is C18H27N3O2. The second kappa shape index (κ2) is 7.21. The van der Waals surface area contributed by atoms with E-state index >= 15 is 0 Å². The van der Waals surface area contributed by atoms with E-state index in [1.165, 1.54) is 0 Å². The van der Waals surface area contributed by atoms with Crippen LogP contribution >= 0.6 is 0 Å².